The van der Waals surface area contributed by atoms with Gasteiger partial charge >= 0.3 is 0 Å². The van der Waals surface area contributed by atoms with E-state index in [1.165, 1.54) is 0 Å². The highest BCUT2D eigenvalue weighted by molar-refractivity contribution is 5.54. The number of benzene rings is 1. The van der Waals surface area contributed by atoms with Gasteiger partial charge in [0, 0.05) is 6.42 Å². The molecule has 6 nitrogen and oxygen atoms in total. The lowest BCUT2D eigenvalue weighted by Crippen LogP contribution is -2.25. The van der Waals surface area contributed by atoms with Crippen molar-refractivity contribution in [2.24, 2.45) is 0 Å². The van der Waals surface area contributed by atoms with Crippen LogP contribution < -0.4 is 14.2 Å². The van der Waals surface area contributed by atoms with Gasteiger partial charge in [0.25, 0.3) is 0 Å². The third-order valence-corrected chi connectivity index (χ3v) is 3.64. The van der Waals surface area contributed by atoms with Crippen LogP contribution >= 0.6 is 0 Å². The van der Waals surface area contributed by atoms with E-state index in [9.17, 15) is 5.11 Å². The van der Waals surface area contributed by atoms with Gasteiger partial charge in [0.15, 0.2) is 17.8 Å². The van der Waals surface area contributed by atoms with E-state index in [-0.39, 0.29) is 6.29 Å². The number of hydrogen-bond donors (Lipinski definition) is 1. The number of aliphatic hydroxyl groups excluding tert-OH is 1. The van der Waals surface area contributed by atoms with Crippen molar-refractivity contribution < 1.29 is 28.8 Å². The molecule has 1 aromatic rings. The first-order chi connectivity index (χ1) is 10.7. The summed E-state index contributed by atoms with van der Waals surface area (Å²) in [5, 5.41) is 10.4. The first kappa shape index (κ1) is 16.9. The molecule has 0 spiro atoms. The molecule has 1 heterocycles. The number of rotatable bonds is 7. The van der Waals surface area contributed by atoms with Crippen molar-refractivity contribution in [3.8, 4) is 17.2 Å². The maximum atomic E-state index is 10.4. The summed E-state index contributed by atoms with van der Waals surface area (Å²) in [6, 6.07) is 3.52. The molecule has 0 aliphatic carbocycles. The van der Waals surface area contributed by atoms with Crippen molar-refractivity contribution in [1.82, 2.24) is 0 Å². The van der Waals surface area contributed by atoms with Gasteiger partial charge < -0.3 is 28.8 Å². The van der Waals surface area contributed by atoms with E-state index >= 15 is 0 Å². The van der Waals surface area contributed by atoms with Crippen LogP contribution in [0.25, 0.3) is 0 Å². The van der Waals surface area contributed by atoms with Gasteiger partial charge in [-0.25, -0.2) is 0 Å². The fourth-order valence-corrected chi connectivity index (χ4v) is 2.46. The Hall–Kier alpha value is -1.50. The second kappa shape index (κ2) is 8.22. The van der Waals surface area contributed by atoms with Crippen molar-refractivity contribution >= 4 is 0 Å². The Morgan fingerprint density at radius 2 is 1.68 bits per heavy atom. The molecule has 1 saturated heterocycles. The van der Waals surface area contributed by atoms with Crippen LogP contribution in [0.4, 0.5) is 0 Å². The molecule has 0 radical (unpaired) electrons. The predicted octanol–water partition coefficient (Wildman–Crippen LogP) is 2.29. The summed E-state index contributed by atoms with van der Waals surface area (Å²) in [6.45, 7) is 1.43. The summed E-state index contributed by atoms with van der Waals surface area (Å²) >= 11 is 0. The lowest BCUT2D eigenvalue weighted by Gasteiger charge is -2.24. The second-order valence-electron chi connectivity index (χ2n) is 5.08. The van der Waals surface area contributed by atoms with Gasteiger partial charge in [-0.05, 0) is 30.5 Å². The van der Waals surface area contributed by atoms with Crippen LogP contribution in [-0.4, -0.2) is 45.9 Å². The van der Waals surface area contributed by atoms with Crippen LogP contribution in [0.15, 0.2) is 12.1 Å². The molecule has 1 unspecified atom stereocenters. The fourth-order valence-electron chi connectivity index (χ4n) is 2.46. The molecule has 0 amide bonds. The SMILES string of the molecule is COc1cc(C(O)CCC2OCCCO2)cc(OC)c1OC. The number of methoxy groups -OCH3 is 3. The summed E-state index contributed by atoms with van der Waals surface area (Å²) in [7, 11) is 4.66. The summed E-state index contributed by atoms with van der Waals surface area (Å²) in [4.78, 5) is 0. The Labute approximate surface area is 130 Å². The highest BCUT2D eigenvalue weighted by Crippen LogP contribution is 2.40. The smallest absolute Gasteiger partial charge is 0.203 e. The minimum absolute atomic E-state index is 0.231. The second-order valence-corrected chi connectivity index (χ2v) is 5.08. The number of ether oxygens (including phenoxy) is 5. The average Bonchev–Trinajstić information content (AvgIpc) is 2.59. The van der Waals surface area contributed by atoms with Crippen LogP contribution in [0.2, 0.25) is 0 Å². The van der Waals surface area contributed by atoms with Crippen molar-refractivity contribution in [2.75, 3.05) is 34.5 Å². The molecule has 1 N–H and O–H groups in total. The maximum absolute atomic E-state index is 10.4. The highest BCUT2D eigenvalue weighted by Gasteiger charge is 2.20. The molecule has 124 valence electrons. The molecule has 6 heteroatoms. The van der Waals surface area contributed by atoms with Gasteiger partial charge in [-0.3, -0.25) is 0 Å². The Morgan fingerprint density at radius 1 is 1.09 bits per heavy atom. The van der Waals surface area contributed by atoms with Crippen LogP contribution in [0, 0.1) is 0 Å². The summed E-state index contributed by atoms with van der Waals surface area (Å²) in [6.07, 6.45) is 1.21. The van der Waals surface area contributed by atoms with Crippen LogP contribution in [0.5, 0.6) is 17.2 Å². The van der Waals surface area contributed by atoms with Crippen molar-refractivity contribution in [1.29, 1.82) is 0 Å². The standard InChI is InChI=1S/C16H24O6/c1-18-13-9-11(10-14(19-2)16(13)20-3)12(17)5-6-15-21-7-4-8-22-15/h9-10,12,15,17H,4-8H2,1-3H3. The number of hydrogen-bond acceptors (Lipinski definition) is 6. The fraction of sp³-hybridized carbons (Fsp3) is 0.625. The Morgan fingerprint density at radius 3 is 2.18 bits per heavy atom. The van der Waals surface area contributed by atoms with Gasteiger partial charge in [-0.15, -0.1) is 0 Å². The van der Waals surface area contributed by atoms with Gasteiger partial charge in [-0.1, -0.05) is 0 Å². The van der Waals surface area contributed by atoms with E-state index in [2.05, 4.69) is 0 Å². The molecular formula is C16H24O6. The Kier molecular flexibility index (Phi) is 6.30. The molecule has 0 saturated carbocycles. The molecule has 1 aliphatic heterocycles. The van der Waals surface area contributed by atoms with E-state index < -0.39 is 6.10 Å². The Bertz CT molecular complexity index is 445. The molecule has 1 atom stereocenters. The monoisotopic (exact) mass is 312 g/mol. The maximum Gasteiger partial charge on any atom is 0.203 e. The molecular weight excluding hydrogens is 288 g/mol. The molecule has 1 fully saturated rings. The Balaban J connectivity index is 2.06. The first-order valence-corrected chi connectivity index (χ1v) is 7.40. The molecule has 0 aromatic heterocycles. The summed E-state index contributed by atoms with van der Waals surface area (Å²) < 4.78 is 26.8. The minimum Gasteiger partial charge on any atom is -0.493 e. The predicted molar refractivity (Wildman–Crippen MR) is 80.6 cm³/mol. The summed E-state index contributed by atoms with van der Waals surface area (Å²) in [5.41, 5.74) is 0.713. The topological polar surface area (TPSA) is 66.4 Å². The first-order valence-electron chi connectivity index (χ1n) is 7.40. The van der Waals surface area contributed by atoms with Gasteiger partial charge in [0.1, 0.15) is 0 Å². The third-order valence-electron chi connectivity index (χ3n) is 3.64. The van der Waals surface area contributed by atoms with E-state index in [1.54, 1.807) is 33.5 Å². The molecule has 0 bridgehead atoms. The number of aliphatic hydroxyl groups is 1. The molecule has 2 rings (SSSR count). The van der Waals surface area contributed by atoms with Crippen molar-refractivity contribution in [2.45, 2.75) is 31.7 Å². The van der Waals surface area contributed by atoms with Crippen molar-refractivity contribution in [3.63, 3.8) is 0 Å². The van der Waals surface area contributed by atoms with Gasteiger partial charge in [-0.2, -0.15) is 0 Å². The zero-order valence-corrected chi connectivity index (χ0v) is 13.3. The lowest BCUT2D eigenvalue weighted by molar-refractivity contribution is -0.183. The third kappa shape index (κ3) is 4.03. The minimum atomic E-state index is -0.650. The average molecular weight is 312 g/mol. The van der Waals surface area contributed by atoms with E-state index in [0.717, 1.165) is 6.42 Å². The van der Waals surface area contributed by atoms with Gasteiger partial charge in [0.05, 0.1) is 40.6 Å². The van der Waals surface area contributed by atoms with Crippen LogP contribution in [0.3, 0.4) is 0 Å². The van der Waals surface area contributed by atoms with Crippen LogP contribution in [0.1, 0.15) is 30.9 Å². The zero-order chi connectivity index (χ0) is 15.9. The summed E-state index contributed by atoms with van der Waals surface area (Å²) in [5.74, 6) is 1.57. The molecule has 1 aliphatic rings. The quantitative estimate of drug-likeness (QED) is 0.833. The highest BCUT2D eigenvalue weighted by atomic mass is 16.7. The van der Waals surface area contributed by atoms with E-state index in [1.807, 2.05) is 0 Å². The lowest BCUT2D eigenvalue weighted by atomic mass is 10.0. The normalized spacial score (nSPS) is 17.1. The zero-order valence-electron chi connectivity index (χ0n) is 13.3. The molecule has 1 aromatic carbocycles. The van der Waals surface area contributed by atoms with Crippen molar-refractivity contribution in [3.05, 3.63) is 17.7 Å². The largest absolute Gasteiger partial charge is 0.493 e. The van der Waals surface area contributed by atoms with Crippen LogP contribution in [-0.2, 0) is 9.47 Å². The van der Waals surface area contributed by atoms with Gasteiger partial charge in [0.2, 0.25) is 5.75 Å². The van der Waals surface area contributed by atoms with E-state index in [0.29, 0.717) is 48.9 Å². The molecule has 22 heavy (non-hydrogen) atoms. The van der Waals surface area contributed by atoms with E-state index in [4.69, 9.17) is 23.7 Å².